The summed E-state index contributed by atoms with van der Waals surface area (Å²) < 4.78 is 25.6. The van der Waals surface area contributed by atoms with Gasteiger partial charge in [-0.1, -0.05) is 0 Å². The van der Waals surface area contributed by atoms with Crippen molar-refractivity contribution in [3.8, 4) is 0 Å². The predicted octanol–water partition coefficient (Wildman–Crippen LogP) is 0.662. The fourth-order valence-electron chi connectivity index (χ4n) is 0.659. The molecule has 0 atom stereocenters. The smallest absolute Gasteiger partial charge is 0.264 e. The van der Waals surface area contributed by atoms with Crippen molar-refractivity contribution < 1.29 is 12.6 Å². The standard InChI is InChI=1S/C6H9NO3S2/c1-12(8,9)10-3-2-6-4-11-5-7-6/h4-5H,2-3H2,1H3. The Labute approximate surface area is 75.3 Å². The molecule has 1 heterocycles. The van der Waals surface area contributed by atoms with Gasteiger partial charge < -0.3 is 0 Å². The SMILES string of the molecule is CS(=O)(=O)OCCc1cscn1. The van der Waals surface area contributed by atoms with E-state index in [-0.39, 0.29) is 6.61 Å². The van der Waals surface area contributed by atoms with Crippen LogP contribution in [0.5, 0.6) is 0 Å². The van der Waals surface area contributed by atoms with Gasteiger partial charge in [0.25, 0.3) is 10.1 Å². The summed E-state index contributed by atoms with van der Waals surface area (Å²) in [6.07, 6.45) is 1.57. The topological polar surface area (TPSA) is 56.3 Å². The predicted molar refractivity (Wildman–Crippen MR) is 46.6 cm³/mol. The van der Waals surface area contributed by atoms with Crippen molar-refractivity contribution in [3.05, 3.63) is 16.6 Å². The molecule has 0 aromatic carbocycles. The van der Waals surface area contributed by atoms with Gasteiger partial charge >= 0.3 is 0 Å². The molecule has 1 aromatic rings. The van der Waals surface area contributed by atoms with Crippen LogP contribution in [-0.4, -0.2) is 26.3 Å². The summed E-state index contributed by atoms with van der Waals surface area (Å²) in [5.41, 5.74) is 2.57. The summed E-state index contributed by atoms with van der Waals surface area (Å²) in [4.78, 5) is 3.98. The van der Waals surface area contributed by atoms with E-state index in [1.54, 1.807) is 5.51 Å². The van der Waals surface area contributed by atoms with Crippen LogP contribution in [0.3, 0.4) is 0 Å². The fraction of sp³-hybridized carbons (Fsp3) is 0.500. The summed E-state index contributed by atoms with van der Waals surface area (Å²) >= 11 is 1.48. The maximum Gasteiger partial charge on any atom is 0.264 e. The third-order valence-corrected chi connectivity index (χ3v) is 2.37. The maximum absolute atomic E-state index is 10.5. The summed E-state index contributed by atoms with van der Waals surface area (Å²) in [6, 6.07) is 0. The Balaban J connectivity index is 2.29. The van der Waals surface area contributed by atoms with Gasteiger partial charge in [-0.2, -0.15) is 8.42 Å². The summed E-state index contributed by atoms with van der Waals surface area (Å²) in [5, 5.41) is 1.87. The third-order valence-electron chi connectivity index (χ3n) is 1.14. The highest BCUT2D eigenvalue weighted by molar-refractivity contribution is 7.85. The van der Waals surface area contributed by atoms with Crippen molar-refractivity contribution in [1.82, 2.24) is 4.98 Å². The van der Waals surface area contributed by atoms with Gasteiger partial charge in [0.2, 0.25) is 0 Å². The molecular weight excluding hydrogens is 198 g/mol. The molecule has 0 aliphatic heterocycles. The van der Waals surface area contributed by atoms with Crippen LogP contribution >= 0.6 is 11.3 Å². The van der Waals surface area contributed by atoms with E-state index < -0.39 is 10.1 Å². The Kier molecular flexibility index (Phi) is 3.19. The quantitative estimate of drug-likeness (QED) is 0.681. The minimum Gasteiger partial charge on any atom is -0.270 e. The Morgan fingerprint density at radius 1 is 1.67 bits per heavy atom. The first-order valence-electron chi connectivity index (χ1n) is 3.29. The summed E-state index contributed by atoms with van der Waals surface area (Å²) in [6.45, 7) is 0.169. The molecule has 0 unspecified atom stereocenters. The first kappa shape index (κ1) is 9.63. The maximum atomic E-state index is 10.5. The Morgan fingerprint density at radius 2 is 2.42 bits per heavy atom. The van der Waals surface area contributed by atoms with Gasteiger partial charge in [0.05, 0.1) is 24.1 Å². The Morgan fingerprint density at radius 3 is 2.92 bits per heavy atom. The lowest BCUT2D eigenvalue weighted by atomic mass is 10.4. The molecule has 1 rings (SSSR count). The van der Waals surface area contributed by atoms with Crippen molar-refractivity contribution in [2.75, 3.05) is 12.9 Å². The normalized spacial score (nSPS) is 11.8. The first-order valence-corrected chi connectivity index (χ1v) is 6.05. The van der Waals surface area contributed by atoms with Gasteiger partial charge in [0.15, 0.2) is 0 Å². The fourth-order valence-corrected chi connectivity index (χ4v) is 1.64. The molecule has 0 fully saturated rings. The van der Waals surface area contributed by atoms with Crippen LogP contribution in [0.25, 0.3) is 0 Å². The lowest BCUT2D eigenvalue weighted by Gasteiger charge is -1.97. The second-order valence-corrected chi connectivity index (χ2v) is 4.62. The van der Waals surface area contributed by atoms with E-state index in [1.807, 2.05) is 5.38 Å². The van der Waals surface area contributed by atoms with Crippen LogP contribution in [0.4, 0.5) is 0 Å². The van der Waals surface area contributed by atoms with E-state index in [0.29, 0.717) is 6.42 Å². The molecule has 0 amide bonds. The highest BCUT2D eigenvalue weighted by atomic mass is 32.2. The zero-order chi connectivity index (χ0) is 9.03. The number of hydrogen-bond donors (Lipinski definition) is 0. The van der Waals surface area contributed by atoms with Crippen LogP contribution in [0.15, 0.2) is 10.9 Å². The first-order chi connectivity index (χ1) is 5.58. The average molecular weight is 207 g/mol. The van der Waals surface area contributed by atoms with Crippen molar-refractivity contribution in [2.24, 2.45) is 0 Å². The van der Waals surface area contributed by atoms with Crippen molar-refractivity contribution in [2.45, 2.75) is 6.42 Å². The number of aromatic nitrogens is 1. The summed E-state index contributed by atoms with van der Waals surface area (Å²) in [7, 11) is -3.30. The van der Waals surface area contributed by atoms with E-state index in [0.717, 1.165) is 11.9 Å². The molecule has 4 nitrogen and oxygen atoms in total. The highest BCUT2D eigenvalue weighted by Gasteiger charge is 2.01. The Bertz CT molecular complexity index is 317. The van der Waals surface area contributed by atoms with E-state index in [4.69, 9.17) is 0 Å². The second kappa shape index (κ2) is 3.97. The molecule has 0 spiro atoms. The third kappa shape index (κ3) is 3.80. The highest BCUT2D eigenvalue weighted by Crippen LogP contribution is 2.02. The lowest BCUT2D eigenvalue weighted by molar-refractivity contribution is 0.325. The van der Waals surface area contributed by atoms with E-state index >= 15 is 0 Å². The van der Waals surface area contributed by atoms with Gasteiger partial charge in [-0.05, 0) is 0 Å². The number of nitrogens with zero attached hydrogens (tertiary/aromatic N) is 1. The van der Waals surface area contributed by atoms with Crippen molar-refractivity contribution in [1.29, 1.82) is 0 Å². The Hall–Kier alpha value is -0.460. The van der Waals surface area contributed by atoms with Gasteiger partial charge in [-0.3, -0.25) is 4.18 Å². The second-order valence-electron chi connectivity index (χ2n) is 2.26. The molecule has 6 heteroatoms. The van der Waals surface area contributed by atoms with Crippen LogP contribution in [0, 0.1) is 0 Å². The molecule has 0 bridgehead atoms. The molecule has 0 aliphatic carbocycles. The molecule has 0 saturated carbocycles. The van der Waals surface area contributed by atoms with E-state index in [2.05, 4.69) is 9.17 Å². The summed E-state index contributed by atoms with van der Waals surface area (Å²) in [5.74, 6) is 0. The molecule has 0 N–H and O–H groups in total. The minimum atomic E-state index is -3.30. The molecule has 0 aliphatic rings. The van der Waals surface area contributed by atoms with Gasteiger partial charge in [0.1, 0.15) is 0 Å². The van der Waals surface area contributed by atoms with Crippen LogP contribution in [-0.2, 0) is 20.7 Å². The zero-order valence-corrected chi connectivity index (χ0v) is 8.19. The molecule has 0 saturated heterocycles. The zero-order valence-electron chi connectivity index (χ0n) is 6.56. The number of hydrogen-bond acceptors (Lipinski definition) is 5. The van der Waals surface area contributed by atoms with Gasteiger partial charge in [-0.25, -0.2) is 4.98 Å². The van der Waals surface area contributed by atoms with Crippen LogP contribution < -0.4 is 0 Å². The van der Waals surface area contributed by atoms with E-state index in [9.17, 15) is 8.42 Å². The van der Waals surface area contributed by atoms with Crippen molar-refractivity contribution in [3.63, 3.8) is 0 Å². The average Bonchev–Trinajstić information content (AvgIpc) is 2.36. The molecular formula is C6H9NO3S2. The molecule has 68 valence electrons. The van der Waals surface area contributed by atoms with Crippen molar-refractivity contribution >= 4 is 21.5 Å². The van der Waals surface area contributed by atoms with E-state index in [1.165, 1.54) is 11.3 Å². The monoisotopic (exact) mass is 207 g/mol. The molecule has 12 heavy (non-hydrogen) atoms. The van der Waals surface area contributed by atoms with Crippen LogP contribution in [0.1, 0.15) is 5.69 Å². The van der Waals surface area contributed by atoms with Gasteiger partial charge in [0, 0.05) is 11.8 Å². The molecule has 1 aromatic heterocycles. The lowest BCUT2D eigenvalue weighted by Crippen LogP contribution is -2.06. The molecule has 0 radical (unpaired) electrons. The minimum absolute atomic E-state index is 0.169. The largest absolute Gasteiger partial charge is 0.270 e. The number of thiazole rings is 1. The van der Waals surface area contributed by atoms with Gasteiger partial charge in [-0.15, -0.1) is 11.3 Å². The van der Waals surface area contributed by atoms with Crippen LogP contribution in [0.2, 0.25) is 0 Å². The number of rotatable bonds is 4.